The molecule has 2 amide bonds. The van der Waals surface area contributed by atoms with Crippen molar-refractivity contribution in [2.45, 2.75) is 29.1 Å². The molecule has 2 heterocycles. The maximum absolute atomic E-state index is 12.5. The molecule has 8 heteroatoms. The van der Waals surface area contributed by atoms with Gasteiger partial charge in [-0.05, 0) is 12.1 Å². The predicted octanol–water partition coefficient (Wildman–Crippen LogP) is 1.19. The van der Waals surface area contributed by atoms with Crippen LogP contribution in [0.15, 0.2) is 29.2 Å². The van der Waals surface area contributed by atoms with Crippen molar-refractivity contribution in [2.24, 2.45) is 0 Å². The number of rotatable bonds is 4. The number of amides is 2. The minimum Gasteiger partial charge on any atom is -0.481 e. The zero-order chi connectivity index (χ0) is 17.1. The standard InChI is InChI=1S/C16H18N2O5S/c19-14(18-5-6-23-10(9-18)7-15(20)21)8-13-16(22)17-11-3-1-2-4-12(11)24-13/h1-4,10,13H,5-9H2,(H,17,22)(H,20,21)/t10-,13-/m0/s1. The fourth-order valence-corrected chi connectivity index (χ4v) is 3.88. The Hall–Kier alpha value is -2.06. The van der Waals surface area contributed by atoms with Crippen LogP contribution < -0.4 is 5.32 Å². The third-order valence-electron chi connectivity index (χ3n) is 3.96. The van der Waals surface area contributed by atoms with Gasteiger partial charge in [0.05, 0.1) is 30.1 Å². The van der Waals surface area contributed by atoms with E-state index in [0.717, 1.165) is 10.6 Å². The molecule has 1 aromatic rings. The van der Waals surface area contributed by atoms with E-state index in [-0.39, 0.29) is 31.2 Å². The molecule has 1 aromatic carbocycles. The number of hydrogen-bond acceptors (Lipinski definition) is 5. The normalized spacial score (nSPS) is 23.3. The zero-order valence-corrected chi connectivity index (χ0v) is 13.8. The topological polar surface area (TPSA) is 95.9 Å². The van der Waals surface area contributed by atoms with Gasteiger partial charge >= 0.3 is 5.97 Å². The minimum absolute atomic E-state index is 0.0879. The Morgan fingerprint density at radius 1 is 1.33 bits per heavy atom. The lowest BCUT2D eigenvalue weighted by atomic mass is 10.1. The highest BCUT2D eigenvalue weighted by atomic mass is 32.2. The van der Waals surface area contributed by atoms with E-state index in [1.165, 1.54) is 11.8 Å². The Kier molecular flexibility index (Phi) is 5.06. The molecule has 24 heavy (non-hydrogen) atoms. The molecule has 0 radical (unpaired) electrons. The zero-order valence-electron chi connectivity index (χ0n) is 12.9. The number of carboxylic acid groups (broad SMARTS) is 1. The number of aliphatic carboxylic acids is 1. The van der Waals surface area contributed by atoms with Crippen molar-refractivity contribution in [3.05, 3.63) is 24.3 Å². The molecule has 0 saturated carbocycles. The van der Waals surface area contributed by atoms with Crippen molar-refractivity contribution < 1.29 is 24.2 Å². The summed E-state index contributed by atoms with van der Waals surface area (Å²) < 4.78 is 5.37. The number of carbonyl (C=O) groups excluding carboxylic acids is 2. The van der Waals surface area contributed by atoms with Gasteiger partial charge in [0.2, 0.25) is 11.8 Å². The quantitative estimate of drug-likeness (QED) is 0.847. The lowest BCUT2D eigenvalue weighted by molar-refractivity contribution is -0.147. The second kappa shape index (κ2) is 7.23. The Morgan fingerprint density at radius 2 is 2.12 bits per heavy atom. The fraction of sp³-hybridized carbons (Fsp3) is 0.438. The van der Waals surface area contributed by atoms with Gasteiger partial charge in [0.15, 0.2) is 0 Å². The van der Waals surface area contributed by atoms with Gasteiger partial charge in [0.1, 0.15) is 0 Å². The van der Waals surface area contributed by atoms with Gasteiger partial charge in [-0.3, -0.25) is 14.4 Å². The van der Waals surface area contributed by atoms with Crippen LogP contribution in [0.4, 0.5) is 5.69 Å². The lowest BCUT2D eigenvalue weighted by Crippen LogP contribution is -2.47. The first kappa shape index (κ1) is 16.8. The molecule has 2 aliphatic rings. The van der Waals surface area contributed by atoms with E-state index in [2.05, 4.69) is 5.32 Å². The number of ether oxygens (including phenoxy) is 1. The van der Waals surface area contributed by atoms with E-state index < -0.39 is 17.3 Å². The van der Waals surface area contributed by atoms with Crippen molar-refractivity contribution in [3.63, 3.8) is 0 Å². The maximum Gasteiger partial charge on any atom is 0.306 e. The van der Waals surface area contributed by atoms with Crippen LogP contribution >= 0.6 is 11.8 Å². The average molecular weight is 350 g/mol. The van der Waals surface area contributed by atoms with Gasteiger partial charge in [-0.15, -0.1) is 11.8 Å². The SMILES string of the molecule is O=C(O)C[C@H]1CN(C(=O)C[C@@H]2Sc3ccccc3NC2=O)CCO1. The van der Waals surface area contributed by atoms with E-state index in [9.17, 15) is 14.4 Å². The van der Waals surface area contributed by atoms with Gasteiger partial charge in [-0.1, -0.05) is 12.1 Å². The first-order chi connectivity index (χ1) is 11.5. The van der Waals surface area contributed by atoms with Crippen molar-refractivity contribution >= 4 is 35.2 Å². The summed E-state index contributed by atoms with van der Waals surface area (Å²) in [5, 5.41) is 11.2. The first-order valence-electron chi connectivity index (χ1n) is 7.70. The van der Waals surface area contributed by atoms with E-state index in [1.54, 1.807) is 4.90 Å². The van der Waals surface area contributed by atoms with E-state index >= 15 is 0 Å². The van der Waals surface area contributed by atoms with Crippen LogP contribution in [0.25, 0.3) is 0 Å². The van der Waals surface area contributed by atoms with Gasteiger partial charge in [0.25, 0.3) is 0 Å². The van der Waals surface area contributed by atoms with Gasteiger partial charge < -0.3 is 20.1 Å². The molecular weight excluding hydrogens is 332 g/mol. The highest BCUT2D eigenvalue weighted by Gasteiger charge is 2.32. The number of carboxylic acids is 1. The third-order valence-corrected chi connectivity index (χ3v) is 5.24. The largest absolute Gasteiger partial charge is 0.481 e. The smallest absolute Gasteiger partial charge is 0.306 e. The number of fused-ring (bicyclic) bond motifs is 1. The molecule has 2 aliphatic heterocycles. The first-order valence-corrected chi connectivity index (χ1v) is 8.58. The van der Waals surface area contributed by atoms with Crippen molar-refractivity contribution in [1.29, 1.82) is 0 Å². The van der Waals surface area contributed by atoms with Crippen molar-refractivity contribution in [2.75, 3.05) is 25.0 Å². The summed E-state index contributed by atoms with van der Waals surface area (Å²) in [5.41, 5.74) is 0.768. The molecular formula is C16H18N2O5S. The minimum atomic E-state index is -0.951. The fourth-order valence-electron chi connectivity index (χ4n) is 2.78. The molecule has 0 bridgehead atoms. The molecule has 2 N–H and O–H groups in total. The summed E-state index contributed by atoms with van der Waals surface area (Å²) in [6.07, 6.45) is -0.533. The van der Waals surface area contributed by atoms with Crippen molar-refractivity contribution in [1.82, 2.24) is 4.90 Å². The Bertz CT molecular complexity index is 666. The summed E-state index contributed by atoms with van der Waals surface area (Å²) in [6, 6.07) is 7.48. The Morgan fingerprint density at radius 3 is 2.92 bits per heavy atom. The van der Waals surface area contributed by atoms with E-state index in [1.807, 2.05) is 24.3 Å². The number of para-hydroxylation sites is 1. The number of nitrogens with zero attached hydrogens (tertiary/aromatic N) is 1. The Labute approximate surface area is 143 Å². The van der Waals surface area contributed by atoms with Gasteiger partial charge in [0, 0.05) is 24.4 Å². The second-order valence-electron chi connectivity index (χ2n) is 5.73. The second-order valence-corrected chi connectivity index (χ2v) is 6.97. The van der Waals surface area contributed by atoms with Gasteiger partial charge in [-0.25, -0.2) is 0 Å². The van der Waals surface area contributed by atoms with Crippen LogP contribution in [-0.4, -0.2) is 58.8 Å². The number of morpholine rings is 1. The molecule has 7 nitrogen and oxygen atoms in total. The third kappa shape index (κ3) is 3.88. The van der Waals surface area contributed by atoms with Crippen LogP contribution in [0.5, 0.6) is 0 Å². The summed E-state index contributed by atoms with van der Waals surface area (Å²) in [4.78, 5) is 38.0. The molecule has 1 fully saturated rings. The molecule has 128 valence electrons. The van der Waals surface area contributed by atoms with Crippen LogP contribution in [0.1, 0.15) is 12.8 Å². The number of benzene rings is 1. The number of carbonyl (C=O) groups is 3. The van der Waals surface area contributed by atoms with Crippen molar-refractivity contribution in [3.8, 4) is 0 Å². The van der Waals surface area contributed by atoms with Crippen LogP contribution in [0, 0.1) is 0 Å². The van der Waals surface area contributed by atoms with Crippen LogP contribution in [-0.2, 0) is 19.1 Å². The van der Waals surface area contributed by atoms with Gasteiger partial charge in [-0.2, -0.15) is 0 Å². The molecule has 0 spiro atoms. The molecule has 1 saturated heterocycles. The van der Waals surface area contributed by atoms with E-state index in [4.69, 9.17) is 9.84 Å². The summed E-state index contributed by atoms with van der Waals surface area (Å²) in [5.74, 6) is -1.28. The van der Waals surface area contributed by atoms with E-state index in [0.29, 0.717) is 13.2 Å². The number of hydrogen-bond donors (Lipinski definition) is 2. The molecule has 0 aliphatic carbocycles. The highest BCUT2D eigenvalue weighted by Crippen LogP contribution is 2.36. The molecule has 3 rings (SSSR count). The maximum atomic E-state index is 12.5. The number of thioether (sulfide) groups is 1. The number of nitrogens with one attached hydrogen (secondary N) is 1. The van der Waals surface area contributed by atoms with Crippen LogP contribution in [0.3, 0.4) is 0 Å². The molecule has 2 atom stereocenters. The lowest BCUT2D eigenvalue weighted by Gasteiger charge is -2.33. The monoisotopic (exact) mass is 350 g/mol. The summed E-state index contributed by atoms with van der Waals surface area (Å²) in [6.45, 7) is 0.988. The number of anilines is 1. The molecule has 0 aromatic heterocycles. The average Bonchev–Trinajstić information content (AvgIpc) is 2.55. The Balaban J connectivity index is 1.60. The van der Waals surface area contributed by atoms with Crippen LogP contribution in [0.2, 0.25) is 0 Å². The predicted molar refractivity (Wildman–Crippen MR) is 87.9 cm³/mol. The highest BCUT2D eigenvalue weighted by molar-refractivity contribution is 8.01. The summed E-state index contributed by atoms with van der Waals surface area (Å²) in [7, 11) is 0. The summed E-state index contributed by atoms with van der Waals surface area (Å²) >= 11 is 1.38. The molecule has 0 unspecified atom stereocenters.